The molecule has 31 heavy (non-hydrogen) atoms. The largest absolute Gasteiger partial charge is 0.505 e. The number of sulfonamides is 2. The quantitative estimate of drug-likeness (QED) is 0.152. The van der Waals surface area contributed by atoms with E-state index in [0.29, 0.717) is 12.1 Å². The van der Waals surface area contributed by atoms with Crippen LogP contribution in [0.1, 0.15) is 0 Å². The lowest BCUT2D eigenvalue weighted by Crippen LogP contribution is -2.12. The van der Waals surface area contributed by atoms with E-state index in [-0.39, 0.29) is 10.6 Å². The van der Waals surface area contributed by atoms with Crippen LogP contribution in [0.15, 0.2) is 61.5 Å². The minimum atomic E-state index is -4.35. The van der Waals surface area contributed by atoms with Crippen molar-refractivity contribution in [2.45, 2.75) is 9.79 Å². The zero-order valence-electron chi connectivity index (χ0n) is 15.1. The molecule has 0 atom stereocenters. The molecule has 15 nitrogen and oxygen atoms in total. The van der Waals surface area contributed by atoms with E-state index in [9.17, 15) is 32.1 Å². The van der Waals surface area contributed by atoms with Crippen molar-refractivity contribution >= 4 is 42.9 Å². The van der Waals surface area contributed by atoms with Crippen LogP contribution in [0.25, 0.3) is 0 Å². The maximum absolute atomic E-state index is 11.4. The van der Waals surface area contributed by atoms with Crippen LogP contribution < -0.4 is 15.7 Å². The maximum Gasteiger partial charge on any atom is 0.301 e. The second kappa shape index (κ2) is 8.80. The molecule has 0 aliphatic carbocycles. The molecule has 0 aromatic heterocycles. The molecule has 0 heterocycles. The van der Waals surface area contributed by atoms with Gasteiger partial charge < -0.3 is 5.11 Å². The molecule has 0 radical (unpaired) electrons. The molecule has 0 saturated heterocycles. The number of aromatic hydroxyl groups is 1. The predicted octanol–water partition coefficient (Wildman–Crippen LogP) is 0.628. The third kappa shape index (κ3) is 6.00. The number of rotatable bonds is 6. The molecule has 2 rings (SSSR count). The Kier molecular flexibility index (Phi) is 6.62. The average Bonchev–Trinajstić information content (AvgIpc) is 2.67. The number of primary sulfonamides is 2. The summed E-state index contributed by atoms with van der Waals surface area (Å²) in [7, 11) is -8.25. The summed E-state index contributed by atoms with van der Waals surface area (Å²) in [6, 6.07) is 7.65. The zero-order valence-corrected chi connectivity index (χ0v) is 16.7. The Hall–Kier alpha value is -3.98. The lowest BCUT2D eigenvalue weighted by atomic mass is 10.2. The van der Waals surface area contributed by atoms with Gasteiger partial charge in [-0.2, -0.15) is 5.26 Å². The van der Waals surface area contributed by atoms with Crippen LogP contribution in [0.5, 0.6) is 5.75 Å². The van der Waals surface area contributed by atoms with Gasteiger partial charge in [0.15, 0.2) is 5.75 Å². The fraction of sp³-hybridized carbons (Fsp3) is 0. The van der Waals surface area contributed by atoms with Gasteiger partial charge in [0.2, 0.25) is 25.7 Å². The molecular weight excluding hydrogens is 456 g/mol. The van der Waals surface area contributed by atoms with Crippen molar-refractivity contribution in [3.05, 3.63) is 46.5 Å². The van der Waals surface area contributed by atoms with Gasteiger partial charge in [-0.05, 0) is 24.3 Å². The number of hydrogen-bond donors (Lipinski definition) is 4. The van der Waals surface area contributed by atoms with Crippen molar-refractivity contribution in [2.24, 2.45) is 25.6 Å². The first-order valence-corrected chi connectivity index (χ1v) is 10.7. The summed E-state index contributed by atoms with van der Waals surface area (Å²) < 4.78 is 45.1. The van der Waals surface area contributed by atoms with Crippen molar-refractivity contribution in [2.75, 3.05) is 5.43 Å². The average molecular weight is 468 g/mol. The standard InChI is InChI=1S/C14H12N8O7S2/c15-7-13(19-18-8-1-3-9(4-2-8)30(16,26)27)20-21-14-11(22(24)25)5-10(6-12(14)23)31(17,28)29/h1-6,18,23H,(H2,16,26,27)(H2,17,28,29)/b19-13+,21-20?. The summed E-state index contributed by atoms with van der Waals surface area (Å²) in [6.07, 6.45) is 0. The number of phenolic OH excluding ortho intramolecular Hbond substituents is 1. The lowest BCUT2D eigenvalue weighted by Gasteiger charge is -2.03. The smallest absolute Gasteiger partial charge is 0.301 e. The molecule has 0 bridgehead atoms. The molecule has 0 aliphatic heterocycles. The Labute approximate surface area is 174 Å². The summed E-state index contributed by atoms with van der Waals surface area (Å²) in [5.74, 6) is -1.56. The summed E-state index contributed by atoms with van der Waals surface area (Å²) >= 11 is 0. The number of hydrazone groups is 1. The van der Waals surface area contributed by atoms with Gasteiger partial charge in [-0.15, -0.1) is 15.3 Å². The fourth-order valence-corrected chi connectivity index (χ4v) is 3.06. The molecule has 2 aromatic rings. The number of nitro groups is 1. The number of nitriles is 1. The molecule has 162 valence electrons. The van der Waals surface area contributed by atoms with Crippen LogP contribution in [0.4, 0.5) is 17.1 Å². The molecule has 2 aromatic carbocycles. The van der Waals surface area contributed by atoms with Gasteiger partial charge in [0.05, 0.1) is 20.4 Å². The van der Waals surface area contributed by atoms with E-state index in [1.807, 2.05) is 0 Å². The molecule has 0 unspecified atom stereocenters. The Morgan fingerprint density at radius 1 is 1.10 bits per heavy atom. The topological polar surface area (TPSA) is 257 Å². The number of amidine groups is 1. The normalized spacial score (nSPS) is 12.5. The Morgan fingerprint density at radius 3 is 2.16 bits per heavy atom. The second-order valence-electron chi connectivity index (χ2n) is 5.54. The van der Waals surface area contributed by atoms with Gasteiger partial charge in [-0.25, -0.2) is 27.1 Å². The molecule has 6 N–H and O–H groups in total. The number of nitrogens with one attached hydrogen (secondary N) is 1. The first-order valence-electron chi connectivity index (χ1n) is 7.65. The van der Waals surface area contributed by atoms with E-state index in [1.54, 1.807) is 0 Å². The number of hydrogen-bond acceptors (Lipinski definition) is 11. The summed E-state index contributed by atoms with van der Waals surface area (Å²) in [4.78, 5) is 9.26. The van der Waals surface area contributed by atoms with E-state index in [4.69, 9.17) is 15.5 Å². The van der Waals surface area contributed by atoms with Crippen LogP contribution in [-0.4, -0.2) is 32.7 Å². The van der Waals surface area contributed by atoms with E-state index in [0.717, 1.165) is 0 Å². The number of nitro benzene ring substituents is 1. The van der Waals surface area contributed by atoms with Crippen LogP contribution in [0.2, 0.25) is 0 Å². The SMILES string of the molecule is N#C/C(N=Nc1c(O)cc(S(N)(=O)=O)cc1[N+](=O)[O-])=N\Nc1ccc(S(N)(=O)=O)cc1. The Balaban J connectivity index is 2.34. The van der Waals surface area contributed by atoms with E-state index < -0.39 is 52.8 Å². The predicted molar refractivity (Wildman–Crippen MR) is 105 cm³/mol. The molecule has 0 spiro atoms. The number of benzene rings is 2. The van der Waals surface area contributed by atoms with Gasteiger partial charge in [-0.3, -0.25) is 15.5 Å². The zero-order chi connectivity index (χ0) is 23.4. The molecule has 0 amide bonds. The highest BCUT2D eigenvalue weighted by Gasteiger charge is 2.23. The summed E-state index contributed by atoms with van der Waals surface area (Å²) in [5.41, 5.74) is 0.941. The highest BCUT2D eigenvalue weighted by atomic mass is 32.2. The number of anilines is 1. The number of phenols is 1. The highest BCUT2D eigenvalue weighted by molar-refractivity contribution is 7.89. The van der Waals surface area contributed by atoms with Crippen molar-refractivity contribution in [1.82, 2.24) is 0 Å². The maximum atomic E-state index is 11.4. The first kappa shape index (κ1) is 23.3. The van der Waals surface area contributed by atoms with Crippen LogP contribution in [0.3, 0.4) is 0 Å². The van der Waals surface area contributed by atoms with Gasteiger partial charge in [0.1, 0.15) is 6.07 Å². The van der Waals surface area contributed by atoms with Crippen molar-refractivity contribution in [3.63, 3.8) is 0 Å². The van der Waals surface area contributed by atoms with Crippen LogP contribution in [0, 0.1) is 21.4 Å². The first-order chi connectivity index (χ1) is 14.3. The van der Waals surface area contributed by atoms with Gasteiger partial charge in [-0.1, -0.05) is 0 Å². The van der Waals surface area contributed by atoms with E-state index in [1.165, 1.54) is 30.3 Å². The third-order valence-electron chi connectivity index (χ3n) is 3.39. The number of nitrogens with two attached hydrogens (primary N) is 2. The van der Waals surface area contributed by atoms with Gasteiger partial charge in [0.25, 0.3) is 5.84 Å². The lowest BCUT2D eigenvalue weighted by molar-refractivity contribution is -0.384. The molecule has 0 aliphatic rings. The van der Waals surface area contributed by atoms with Gasteiger partial charge >= 0.3 is 5.69 Å². The Morgan fingerprint density at radius 2 is 1.68 bits per heavy atom. The van der Waals surface area contributed by atoms with Crippen molar-refractivity contribution in [3.8, 4) is 11.8 Å². The van der Waals surface area contributed by atoms with E-state index in [2.05, 4.69) is 20.8 Å². The summed E-state index contributed by atoms with van der Waals surface area (Å²) in [5, 5.41) is 50.3. The van der Waals surface area contributed by atoms with Crippen molar-refractivity contribution < 1.29 is 26.9 Å². The number of azo groups is 1. The summed E-state index contributed by atoms with van der Waals surface area (Å²) in [6.45, 7) is 0. The molecule has 0 saturated carbocycles. The monoisotopic (exact) mass is 468 g/mol. The molecule has 17 heteroatoms. The van der Waals surface area contributed by atoms with Gasteiger partial charge in [0, 0.05) is 12.1 Å². The third-order valence-corrected chi connectivity index (χ3v) is 5.21. The molecular formula is C14H12N8O7S2. The number of nitrogens with zero attached hydrogens (tertiary/aromatic N) is 5. The second-order valence-corrected chi connectivity index (χ2v) is 8.66. The highest BCUT2D eigenvalue weighted by Crippen LogP contribution is 2.38. The van der Waals surface area contributed by atoms with Crippen LogP contribution >= 0.6 is 0 Å². The minimum Gasteiger partial charge on any atom is -0.505 e. The minimum absolute atomic E-state index is 0.159. The Bertz CT molecular complexity index is 1340. The van der Waals surface area contributed by atoms with E-state index >= 15 is 0 Å². The fourth-order valence-electron chi connectivity index (χ4n) is 1.99. The van der Waals surface area contributed by atoms with Crippen LogP contribution in [-0.2, 0) is 20.0 Å². The molecule has 0 fully saturated rings. The van der Waals surface area contributed by atoms with Crippen molar-refractivity contribution in [1.29, 1.82) is 5.26 Å².